The highest BCUT2D eigenvalue weighted by atomic mass is 16.3. The number of hydrogen-bond acceptors (Lipinski definition) is 2. The van der Waals surface area contributed by atoms with Gasteiger partial charge in [-0.1, -0.05) is 38.1 Å². The van der Waals surface area contributed by atoms with Crippen molar-refractivity contribution in [2.75, 3.05) is 19.7 Å². The first-order chi connectivity index (χ1) is 10.1. The summed E-state index contributed by atoms with van der Waals surface area (Å²) in [6.45, 7) is 5.71. The Kier molecular flexibility index (Phi) is 5.62. The maximum absolute atomic E-state index is 12.3. The molecule has 0 aromatic heterocycles. The van der Waals surface area contributed by atoms with Gasteiger partial charge < -0.3 is 15.3 Å². The van der Waals surface area contributed by atoms with E-state index in [-0.39, 0.29) is 18.7 Å². The zero-order chi connectivity index (χ0) is 15.2. The van der Waals surface area contributed by atoms with E-state index in [1.54, 1.807) is 4.90 Å². The minimum Gasteiger partial charge on any atom is -0.394 e. The molecule has 1 aliphatic rings. The average Bonchev–Trinajstić information content (AvgIpc) is 2.49. The summed E-state index contributed by atoms with van der Waals surface area (Å²) in [5.74, 6) is 0.661. The van der Waals surface area contributed by atoms with Crippen LogP contribution >= 0.6 is 0 Å². The maximum Gasteiger partial charge on any atom is 0.318 e. The number of nitrogens with zero attached hydrogens (tertiary/aromatic N) is 1. The van der Waals surface area contributed by atoms with Gasteiger partial charge in [-0.3, -0.25) is 0 Å². The van der Waals surface area contributed by atoms with E-state index in [0.717, 1.165) is 24.8 Å². The van der Waals surface area contributed by atoms with Gasteiger partial charge in [0.25, 0.3) is 0 Å². The third kappa shape index (κ3) is 3.97. The Balaban J connectivity index is 1.95. The Bertz CT molecular complexity index is 474. The summed E-state index contributed by atoms with van der Waals surface area (Å²) >= 11 is 0. The molecule has 21 heavy (non-hydrogen) atoms. The van der Waals surface area contributed by atoms with Crippen molar-refractivity contribution in [3.8, 4) is 0 Å². The number of urea groups is 1. The van der Waals surface area contributed by atoms with Crippen molar-refractivity contribution in [1.82, 2.24) is 10.2 Å². The summed E-state index contributed by atoms with van der Waals surface area (Å²) in [5, 5.41) is 12.7. The zero-order valence-electron chi connectivity index (χ0n) is 13.0. The molecule has 0 saturated heterocycles. The molecule has 4 heteroatoms. The number of carbonyl (C=O) groups is 1. The topological polar surface area (TPSA) is 52.6 Å². The van der Waals surface area contributed by atoms with Crippen LogP contribution in [0.1, 0.15) is 43.9 Å². The van der Waals surface area contributed by atoms with Gasteiger partial charge in [-0.25, -0.2) is 4.79 Å². The van der Waals surface area contributed by atoms with Crippen LogP contribution in [0.5, 0.6) is 0 Å². The van der Waals surface area contributed by atoms with E-state index >= 15 is 0 Å². The van der Waals surface area contributed by atoms with E-state index in [4.69, 9.17) is 0 Å². The van der Waals surface area contributed by atoms with E-state index in [0.29, 0.717) is 19.0 Å². The predicted molar refractivity (Wildman–Crippen MR) is 84.1 cm³/mol. The molecule has 0 spiro atoms. The van der Waals surface area contributed by atoms with Crippen LogP contribution in [-0.2, 0) is 6.42 Å². The lowest BCUT2D eigenvalue weighted by Crippen LogP contribution is -2.47. The molecule has 0 aliphatic carbocycles. The maximum atomic E-state index is 12.3. The number of fused-ring (bicyclic) bond motifs is 1. The highest BCUT2D eigenvalue weighted by Crippen LogP contribution is 2.29. The third-order valence-electron chi connectivity index (χ3n) is 4.08. The number of nitrogens with one attached hydrogen (secondary N) is 1. The first-order valence-electron chi connectivity index (χ1n) is 7.86. The molecule has 2 amide bonds. The molecule has 1 unspecified atom stereocenters. The molecule has 1 aliphatic heterocycles. The van der Waals surface area contributed by atoms with Gasteiger partial charge in [-0.2, -0.15) is 0 Å². The normalized spacial score (nSPS) is 17.7. The van der Waals surface area contributed by atoms with Crippen LogP contribution in [0, 0.1) is 5.92 Å². The Hall–Kier alpha value is -1.55. The van der Waals surface area contributed by atoms with E-state index in [9.17, 15) is 9.90 Å². The minimum atomic E-state index is -0.222. The van der Waals surface area contributed by atoms with E-state index in [1.165, 1.54) is 5.56 Å². The molecular formula is C17H26N2O2. The second-order valence-electron chi connectivity index (χ2n) is 6.11. The van der Waals surface area contributed by atoms with Gasteiger partial charge in [0, 0.05) is 13.1 Å². The number of amides is 2. The lowest BCUT2D eigenvalue weighted by molar-refractivity contribution is 0.127. The summed E-state index contributed by atoms with van der Waals surface area (Å²) in [7, 11) is 0. The predicted octanol–water partition coefficient (Wildman–Crippen LogP) is 2.72. The SMILES string of the molecule is CC(C)CCCNC(=O)N1CCc2ccccc2C1CO. The lowest BCUT2D eigenvalue weighted by atomic mass is 9.93. The molecule has 1 heterocycles. The Morgan fingerprint density at radius 1 is 1.43 bits per heavy atom. The molecule has 2 N–H and O–H groups in total. The van der Waals surface area contributed by atoms with Crippen molar-refractivity contribution in [3.63, 3.8) is 0 Å². The second kappa shape index (κ2) is 7.46. The Morgan fingerprint density at radius 2 is 2.19 bits per heavy atom. The number of benzene rings is 1. The van der Waals surface area contributed by atoms with E-state index in [2.05, 4.69) is 25.2 Å². The molecule has 116 valence electrons. The first kappa shape index (κ1) is 15.8. The van der Waals surface area contributed by atoms with E-state index < -0.39 is 0 Å². The minimum absolute atomic E-state index is 0.0313. The average molecular weight is 290 g/mol. The quantitative estimate of drug-likeness (QED) is 0.819. The van der Waals surface area contributed by atoms with Crippen molar-refractivity contribution in [1.29, 1.82) is 0 Å². The monoisotopic (exact) mass is 290 g/mol. The summed E-state index contributed by atoms with van der Waals surface area (Å²) in [4.78, 5) is 14.1. The number of rotatable bonds is 5. The smallest absolute Gasteiger partial charge is 0.318 e. The Labute approximate surface area is 127 Å². The van der Waals surface area contributed by atoms with Crippen molar-refractivity contribution in [3.05, 3.63) is 35.4 Å². The molecule has 4 nitrogen and oxygen atoms in total. The van der Waals surface area contributed by atoms with Gasteiger partial charge >= 0.3 is 6.03 Å². The molecule has 0 saturated carbocycles. The van der Waals surface area contributed by atoms with Crippen molar-refractivity contribution < 1.29 is 9.90 Å². The van der Waals surface area contributed by atoms with Gasteiger partial charge in [0.05, 0.1) is 12.6 Å². The second-order valence-corrected chi connectivity index (χ2v) is 6.11. The zero-order valence-corrected chi connectivity index (χ0v) is 13.0. The van der Waals surface area contributed by atoms with Gasteiger partial charge in [0.1, 0.15) is 0 Å². The van der Waals surface area contributed by atoms with Crippen molar-refractivity contribution in [2.24, 2.45) is 5.92 Å². The number of aliphatic hydroxyl groups is 1. The van der Waals surface area contributed by atoms with Crippen molar-refractivity contribution in [2.45, 2.75) is 39.2 Å². The fourth-order valence-corrected chi connectivity index (χ4v) is 2.90. The number of carbonyl (C=O) groups excluding carboxylic acids is 1. The molecule has 0 radical (unpaired) electrons. The van der Waals surface area contributed by atoms with Crippen LogP contribution in [0.4, 0.5) is 4.79 Å². The molecular weight excluding hydrogens is 264 g/mol. The standard InChI is InChI=1S/C17H26N2O2/c1-13(2)6-5-10-18-17(21)19-11-9-14-7-3-4-8-15(14)16(19)12-20/h3-4,7-8,13,16,20H,5-6,9-12H2,1-2H3,(H,18,21). The van der Waals surface area contributed by atoms with Crippen LogP contribution in [0.2, 0.25) is 0 Å². The highest BCUT2D eigenvalue weighted by molar-refractivity contribution is 5.75. The third-order valence-corrected chi connectivity index (χ3v) is 4.08. The van der Waals surface area contributed by atoms with Crippen LogP contribution < -0.4 is 5.32 Å². The lowest BCUT2D eigenvalue weighted by Gasteiger charge is -2.36. The number of hydrogen-bond donors (Lipinski definition) is 2. The highest BCUT2D eigenvalue weighted by Gasteiger charge is 2.29. The largest absolute Gasteiger partial charge is 0.394 e. The fourth-order valence-electron chi connectivity index (χ4n) is 2.90. The van der Waals surface area contributed by atoms with Crippen LogP contribution in [0.25, 0.3) is 0 Å². The van der Waals surface area contributed by atoms with Crippen LogP contribution in [0.15, 0.2) is 24.3 Å². The molecule has 1 aromatic carbocycles. The summed E-state index contributed by atoms with van der Waals surface area (Å²) in [6, 6.07) is 7.78. The number of aliphatic hydroxyl groups excluding tert-OH is 1. The van der Waals surface area contributed by atoms with E-state index in [1.807, 2.05) is 18.2 Å². The Morgan fingerprint density at radius 3 is 2.90 bits per heavy atom. The first-order valence-corrected chi connectivity index (χ1v) is 7.86. The van der Waals surface area contributed by atoms with Gasteiger partial charge in [-0.05, 0) is 36.3 Å². The van der Waals surface area contributed by atoms with Crippen LogP contribution in [-0.4, -0.2) is 35.7 Å². The summed E-state index contributed by atoms with van der Waals surface area (Å²) in [5.41, 5.74) is 2.31. The molecule has 1 atom stereocenters. The van der Waals surface area contributed by atoms with Crippen molar-refractivity contribution >= 4 is 6.03 Å². The molecule has 1 aromatic rings. The summed E-state index contributed by atoms with van der Waals surface area (Å²) < 4.78 is 0. The van der Waals surface area contributed by atoms with Gasteiger partial charge in [0.15, 0.2) is 0 Å². The fraction of sp³-hybridized carbons (Fsp3) is 0.588. The van der Waals surface area contributed by atoms with Crippen LogP contribution in [0.3, 0.4) is 0 Å². The molecule has 0 bridgehead atoms. The van der Waals surface area contributed by atoms with Gasteiger partial charge in [-0.15, -0.1) is 0 Å². The van der Waals surface area contributed by atoms with Gasteiger partial charge in [0.2, 0.25) is 0 Å². The molecule has 2 rings (SSSR count). The molecule has 0 fully saturated rings. The summed E-state index contributed by atoms with van der Waals surface area (Å²) in [6.07, 6.45) is 2.97.